The Labute approximate surface area is 196 Å². The van der Waals surface area contributed by atoms with Gasteiger partial charge in [-0.05, 0) is 40.1 Å². The fourth-order valence-corrected chi connectivity index (χ4v) is 4.43. The van der Waals surface area contributed by atoms with Gasteiger partial charge >= 0.3 is 0 Å². The Kier molecular flexibility index (Phi) is 5.07. The maximum absolute atomic E-state index is 5.44. The number of fused-ring (bicyclic) bond motifs is 2. The molecule has 0 amide bonds. The van der Waals surface area contributed by atoms with Gasteiger partial charge in [0.1, 0.15) is 17.1 Å². The molecular weight excluding hydrogens is 424 g/mol. The summed E-state index contributed by atoms with van der Waals surface area (Å²) < 4.78 is 7.27. The van der Waals surface area contributed by atoms with Gasteiger partial charge in [0.15, 0.2) is 5.65 Å². The van der Waals surface area contributed by atoms with Gasteiger partial charge in [-0.3, -0.25) is 4.68 Å². The molecule has 0 saturated heterocycles. The number of pyridine rings is 1. The largest absolute Gasteiger partial charge is 0.469 e. The third-order valence-electron chi connectivity index (χ3n) is 6.12. The van der Waals surface area contributed by atoms with Crippen molar-refractivity contribution in [3.05, 3.63) is 96.6 Å². The maximum Gasteiger partial charge on any atom is 0.159 e. The van der Waals surface area contributed by atoms with Crippen molar-refractivity contribution < 1.29 is 4.42 Å². The average Bonchev–Trinajstić information content (AvgIpc) is 3.62. The van der Waals surface area contributed by atoms with Crippen LogP contribution in [0.2, 0.25) is 0 Å². The highest BCUT2D eigenvalue weighted by molar-refractivity contribution is 5.98. The number of nitrogens with zero attached hydrogens (tertiary/aromatic N) is 4. The first kappa shape index (κ1) is 20.2. The van der Waals surface area contributed by atoms with Crippen molar-refractivity contribution in [3.63, 3.8) is 0 Å². The number of hydrogen-bond donors (Lipinski definition) is 2. The van der Waals surface area contributed by atoms with Crippen LogP contribution in [0, 0.1) is 0 Å². The van der Waals surface area contributed by atoms with Crippen LogP contribution in [-0.4, -0.2) is 24.7 Å². The lowest BCUT2D eigenvalue weighted by Gasteiger charge is -2.12. The fraction of sp³-hybridized carbons (Fsp3) is 0.148. The minimum Gasteiger partial charge on any atom is -0.469 e. The number of benzene rings is 2. The van der Waals surface area contributed by atoms with Crippen molar-refractivity contribution in [1.29, 1.82) is 0 Å². The standard InChI is InChI=1S/C27H24N6O/c1-33-17-19(16-30-33)22-10-8-18(21-6-2-3-7-23(21)22)15-29-24-12-13-28-27-26(24)31-25(32-27)11-9-20-5-4-14-34-20/h2-8,10,12-14,16-17H,9,11,15H2,1H3,(H2,28,29,31,32). The molecule has 4 heterocycles. The van der Waals surface area contributed by atoms with E-state index in [4.69, 9.17) is 9.40 Å². The molecule has 4 aromatic heterocycles. The van der Waals surface area contributed by atoms with Crippen LogP contribution in [0.1, 0.15) is 17.1 Å². The maximum atomic E-state index is 5.44. The Morgan fingerprint density at radius 1 is 1.00 bits per heavy atom. The number of furan rings is 1. The van der Waals surface area contributed by atoms with Crippen molar-refractivity contribution >= 4 is 27.6 Å². The molecule has 7 nitrogen and oxygen atoms in total. The highest BCUT2D eigenvalue weighted by Crippen LogP contribution is 2.31. The molecule has 0 atom stereocenters. The molecule has 2 aromatic carbocycles. The summed E-state index contributed by atoms with van der Waals surface area (Å²) in [5.41, 5.74) is 6.14. The van der Waals surface area contributed by atoms with Crippen molar-refractivity contribution in [1.82, 2.24) is 24.7 Å². The second-order valence-electron chi connectivity index (χ2n) is 8.39. The Bertz CT molecular complexity index is 1580. The highest BCUT2D eigenvalue weighted by atomic mass is 16.3. The first-order valence-corrected chi connectivity index (χ1v) is 11.3. The number of hydrogen-bond acceptors (Lipinski definition) is 5. The zero-order valence-corrected chi connectivity index (χ0v) is 18.8. The van der Waals surface area contributed by atoms with Gasteiger partial charge in [-0.2, -0.15) is 5.10 Å². The average molecular weight is 449 g/mol. The summed E-state index contributed by atoms with van der Waals surface area (Å²) >= 11 is 0. The van der Waals surface area contributed by atoms with Crippen LogP contribution in [-0.2, 0) is 26.4 Å². The SMILES string of the molecule is Cn1cc(-c2ccc(CNc3ccnc4[nH]c(CCc5ccco5)nc34)c3ccccc23)cn1. The quantitative estimate of drug-likeness (QED) is 0.337. The summed E-state index contributed by atoms with van der Waals surface area (Å²) in [5, 5.41) is 10.4. The van der Waals surface area contributed by atoms with Crippen LogP contribution in [0.5, 0.6) is 0 Å². The summed E-state index contributed by atoms with van der Waals surface area (Å²) in [6.07, 6.45) is 9.03. The number of rotatable bonds is 7. The summed E-state index contributed by atoms with van der Waals surface area (Å²) in [4.78, 5) is 12.6. The van der Waals surface area contributed by atoms with Gasteiger partial charge in [-0.15, -0.1) is 0 Å². The van der Waals surface area contributed by atoms with Crippen LogP contribution in [0.3, 0.4) is 0 Å². The minimum absolute atomic E-state index is 0.682. The summed E-state index contributed by atoms with van der Waals surface area (Å²) in [7, 11) is 1.94. The lowest BCUT2D eigenvalue weighted by atomic mass is 9.96. The molecule has 0 aliphatic carbocycles. The highest BCUT2D eigenvalue weighted by Gasteiger charge is 2.12. The normalized spacial score (nSPS) is 11.4. The van der Waals surface area contributed by atoms with E-state index in [2.05, 4.69) is 63.0 Å². The van der Waals surface area contributed by atoms with Crippen LogP contribution < -0.4 is 5.32 Å². The second-order valence-corrected chi connectivity index (χ2v) is 8.39. The number of imidazole rings is 1. The van der Waals surface area contributed by atoms with Crippen molar-refractivity contribution in [3.8, 4) is 11.1 Å². The van der Waals surface area contributed by atoms with Crippen LogP contribution in [0.4, 0.5) is 5.69 Å². The molecule has 0 aliphatic heterocycles. The van der Waals surface area contributed by atoms with Crippen molar-refractivity contribution in [2.24, 2.45) is 7.05 Å². The molecule has 0 bridgehead atoms. The topological polar surface area (TPSA) is 84.6 Å². The molecule has 0 spiro atoms. The van der Waals surface area contributed by atoms with Gasteiger partial charge < -0.3 is 14.7 Å². The lowest BCUT2D eigenvalue weighted by molar-refractivity contribution is 0.507. The van der Waals surface area contributed by atoms with Gasteiger partial charge in [-0.25, -0.2) is 9.97 Å². The van der Waals surface area contributed by atoms with Gasteiger partial charge in [0.05, 0.1) is 18.1 Å². The monoisotopic (exact) mass is 448 g/mol. The summed E-state index contributed by atoms with van der Waals surface area (Å²) in [5.74, 6) is 1.85. The molecule has 2 N–H and O–H groups in total. The van der Waals surface area contributed by atoms with E-state index in [9.17, 15) is 0 Å². The number of aromatic nitrogens is 5. The molecule has 0 radical (unpaired) electrons. The molecule has 7 heteroatoms. The van der Waals surface area contributed by atoms with E-state index in [0.29, 0.717) is 6.54 Å². The van der Waals surface area contributed by atoms with Crippen LogP contribution in [0.15, 0.2) is 83.9 Å². The molecule has 6 aromatic rings. The third-order valence-corrected chi connectivity index (χ3v) is 6.12. The van der Waals surface area contributed by atoms with Gasteiger partial charge in [-0.1, -0.05) is 36.4 Å². The molecule has 0 fully saturated rings. The lowest BCUT2D eigenvalue weighted by Crippen LogP contribution is -2.01. The van der Waals surface area contributed by atoms with E-state index in [0.717, 1.165) is 46.8 Å². The fourth-order valence-electron chi connectivity index (χ4n) is 4.43. The molecule has 168 valence electrons. The third kappa shape index (κ3) is 3.81. The number of nitrogens with one attached hydrogen (secondary N) is 2. The summed E-state index contributed by atoms with van der Waals surface area (Å²) in [6, 6.07) is 18.8. The molecule has 0 aliphatic rings. The predicted molar refractivity (Wildman–Crippen MR) is 133 cm³/mol. The van der Waals surface area contributed by atoms with E-state index in [1.54, 1.807) is 6.26 Å². The van der Waals surface area contributed by atoms with E-state index in [1.807, 2.05) is 42.3 Å². The predicted octanol–water partition coefficient (Wildman–Crippen LogP) is 5.50. The van der Waals surface area contributed by atoms with Crippen molar-refractivity contribution in [2.75, 3.05) is 5.32 Å². The van der Waals surface area contributed by atoms with E-state index >= 15 is 0 Å². The molecule has 6 rings (SSSR count). The smallest absolute Gasteiger partial charge is 0.159 e. The zero-order valence-electron chi connectivity index (χ0n) is 18.8. The summed E-state index contributed by atoms with van der Waals surface area (Å²) in [6.45, 7) is 0.682. The van der Waals surface area contributed by atoms with Gasteiger partial charge in [0.2, 0.25) is 0 Å². The van der Waals surface area contributed by atoms with E-state index in [1.165, 1.54) is 21.9 Å². The van der Waals surface area contributed by atoms with Crippen molar-refractivity contribution in [2.45, 2.75) is 19.4 Å². The number of aromatic amines is 1. The second kappa shape index (κ2) is 8.51. The Balaban J connectivity index is 1.27. The zero-order chi connectivity index (χ0) is 22.9. The molecule has 0 saturated carbocycles. The molecular formula is C27H24N6O. The number of H-pyrrole nitrogens is 1. The first-order chi connectivity index (χ1) is 16.7. The number of aryl methyl sites for hydroxylation is 3. The van der Waals surface area contributed by atoms with E-state index in [-0.39, 0.29) is 0 Å². The number of anilines is 1. The molecule has 34 heavy (non-hydrogen) atoms. The van der Waals surface area contributed by atoms with Crippen LogP contribution in [0.25, 0.3) is 33.1 Å². The Morgan fingerprint density at radius 3 is 2.74 bits per heavy atom. The first-order valence-electron chi connectivity index (χ1n) is 11.3. The Hall–Kier alpha value is -4.39. The van der Waals surface area contributed by atoms with E-state index < -0.39 is 0 Å². The Morgan fingerprint density at radius 2 is 1.91 bits per heavy atom. The van der Waals surface area contributed by atoms with Gasteiger partial charge in [0.25, 0.3) is 0 Å². The minimum atomic E-state index is 0.682. The molecule has 0 unspecified atom stereocenters. The van der Waals surface area contributed by atoms with Gasteiger partial charge in [0, 0.05) is 44.4 Å². The van der Waals surface area contributed by atoms with Crippen LogP contribution >= 0.6 is 0 Å².